The summed E-state index contributed by atoms with van der Waals surface area (Å²) in [6, 6.07) is 7.53. The van der Waals surface area contributed by atoms with Crippen molar-refractivity contribution in [1.82, 2.24) is 4.98 Å². The van der Waals surface area contributed by atoms with Gasteiger partial charge in [0.05, 0.1) is 17.3 Å². The molecule has 2 aromatic rings. The van der Waals surface area contributed by atoms with Crippen molar-refractivity contribution < 1.29 is 4.74 Å². The summed E-state index contributed by atoms with van der Waals surface area (Å²) < 4.78 is 5.66. The summed E-state index contributed by atoms with van der Waals surface area (Å²) in [5, 5.41) is 3.35. The van der Waals surface area contributed by atoms with Crippen molar-refractivity contribution in [2.45, 2.75) is 32.6 Å². The molecule has 0 bridgehead atoms. The summed E-state index contributed by atoms with van der Waals surface area (Å²) in [4.78, 5) is 4.61. The van der Waals surface area contributed by atoms with Gasteiger partial charge in [0.2, 0.25) is 0 Å². The first-order valence-electron chi connectivity index (χ1n) is 6.58. The number of thiazole rings is 1. The van der Waals surface area contributed by atoms with E-state index in [0.29, 0.717) is 12.5 Å². The van der Waals surface area contributed by atoms with Gasteiger partial charge in [0, 0.05) is 23.6 Å². The highest BCUT2D eigenvalue weighted by molar-refractivity contribution is 7.09. The zero-order valence-corrected chi connectivity index (χ0v) is 12.2. The van der Waals surface area contributed by atoms with E-state index in [0.717, 1.165) is 24.3 Å². The van der Waals surface area contributed by atoms with Crippen LogP contribution in [0.3, 0.4) is 0 Å². The molecule has 0 atom stereocenters. The number of nitrogens with zero attached hydrogens (tertiary/aromatic N) is 1. The summed E-state index contributed by atoms with van der Waals surface area (Å²) in [5.74, 6) is 1.34. The minimum Gasteiger partial charge on any atom is -0.494 e. The molecule has 0 aliphatic rings. The average Bonchev–Trinajstić information content (AvgIpc) is 2.84. The monoisotopic (exact) mass is 276 g/mol. The van der Waals surface area contributed by atoms with Crippen LogP contribution in [0.5, 0.6) is 5.75 Å². The van der Waals surface area contributed by atoms with E-state index in [1.165, 1.54) is 10.7 Å². The van der Waals surface area contributed by atoms with Crippen LogP contribution in [0.15, 0.2) is 29.6 Å². The third-order valence-corrected chi connectivity index (χ3v) is 3.75. The Morgan fingerprint density at radius 3 is 2.89 bits per heavy atom. The molecule has 0 fully saturated rings. The van der Waals surface area contributed by atoms with E-state index in [9.17, 15) is 0 Å². The number of rotatable bonds is 6. The Bertz CT molecular complexity index is 522. The average molecular weight is 276 g/mol. The maximum Gasteiger partial charge on any atom is 0.121 e. The van der Waals surface area contributed by atoms with Crippen LogP contribution in [0.4, 0.5) is 5.69 Å². The van der Waals surface area contributed by atoms with E-state index in [1.807, 2.05) is 24.3 Å². The van der Waals surface area contributed by atoms with Crippen molar-refractivity contribution in [3.63, 3.8) is 0 Å². The molecule has 1 aromatic carbocycles. The molecule has 0 amide bonds. The molecule has 2 rings (SSSR count). The Morgan fingerprint density at radius 2 is 2.21 bits per heavy atom. The van der Waals surface area contributed by atoms with Gasteiger partial charge < -0.3 is 10.5 Å². The second kappa shape index (κ2) is 6.57. The molecule has 0 aliphatic heterocycles. The number of benzene rings is 1. The molecule has 0 saturated carbocycles. The topological polar surface area (TPSA) is 48.1 Å². The van der Waals surface area contributed by atoms with Crippen LogP contribution in [0.1, 0.15) is 36.9 Å². The lowest BCUT2D eigenvalue weighted by atomic mass is 10.2. The first-order valence-corrected chi connectivity index (χ1v) is 7.46. The summed E-state index contributed by atoms with van der Waals surface area (Å²) in [5.41, 5.74) is 7.62. The largest absolute Gasteiger partial charge is 0.494 e. The van der Waals surface area contributed by atoms with Gasteiger partial charge in [-0.2, -0.15) is 0 Å². The second-order valence-electron chi connectivity index (χ2n) is 4.85. The smallest absolute Gasteiger partial charge is 0.121 e. The molecule has 2 N–H and O–H groups in total. The van der Waals surface area contributed by atoms with Crippen LogP contribution >= 0.6 is 11.3 Å². The van der Waals surface area contributed by atoms with Gasteiger partial charge in [0.1, 0.15) is 5.75 Å². The summed E-state index contributed by atoms with van der Waals surface area (Å²) >= 11 is 1.74. The van der Waals surface area contributed by atoms with E-state index in [1.54, 1.807) is 11.3 Å². The molecular weight excluding hydrogens is 256 g/mol. The molecule has 0 saturated heterocycles. The summed E-state index contributed by atoms with van der Waals surface area (Å²) in [6.07, 6.45) is 1.94. The zero-order chi connectivity index (χ0) is 13.7. The highest BCUT2D eigenvalue weighted by Crippen LogP contribution is 2.19. The van der Waals surface area contributed by atoms with E-state index in [2.05, 4.69) is 24.2 Å². The third kappa shape index (κ3) is 4.24. The number of nitrogens with two attached hydrogens (primary N) is 1. The van der Waals surface area contributed by atoms with E-state index < -0.39 is 0 Å². The second-order valence-corrected chi connectivity index (χ2v) is 5.79. The van der Waals surface area contributed by atoms with Gasteiger partial charge in [-0.15, -0.1) is 11.3 Å². The maximum absolute atomic E-state index is 5.70. The van der Waals surface area contributed by atoms with Crippen LogP contribution in [-0.4, -0.2) is 11.6 Å². The van der Waals surface area contributed by atoms with Crippen molar-refractivity contribution in [2.75, 3.05) is 12.3 Å². The Balaban J connectivity index is 1.74. The Kier molecular flexibility index (Phi) is 4.80. The van der Waals surface area contributed by atoms with Crippen molar-refractivity contribution in [3.05, 3.63) is 40.3 Å². The number of hydrogen-bond donors (Lipinski definition) is 1. The van der Waals surface area contributed by atoms with Crippen LogP contribution < -0.4 is 10.5 Å². The predicted octanol–water partition coefficient (Wildman–Crippen LogP) is 3.86. The molecule has 0 unspecified atom stereocenters. The Labute approximate surface area is 118 Å². The van der Waals surface area contributed by atoms with Gasteiger partial charge in [0.15, 0.2) is 0 Å². The van der Waals surface area contributed by atoms with Crippen molar-refractivity contribution in [3.8, 4) is 5.75 Å². The van der Waals surface area contributed by atoms with Gasteiger partial charge >= 0.3 is 0 Å². The molecule has 0 radical (unpaired) electrons. The van der Waals surface area contributed by atoms with Crippen LogP contribution in [-0.2, 0) is 6.42 Å². The van der Waals surface area contributed by atoms with Crippen LogP contribution in [0.2, 0.25) is 0 Å². The number of ether oxygens (including phenoxy) is 1. The van der Waals surface area contributed by atoms with Crippen molar-refractivity contribution >= 4 is 17.0 Å². The Hall–Kier alpha value is -1.55. The van der Waals surface area contributed by atoms with Crippen molar-refractivity contribution in [1.29, 1.82) is 0 Å². The van der Waals surface area contributed by atoms with Crippen molar-refractivity contribution in [2.24, 2.45) is 0 Å². The SMILES string of the molecule is CC(C)c1csc(CCCOc2cccc(N)c2)n1. The number of nitrogen functional groups attached to an aromatic ring is 1. The number of aryl methyl sites for hydroxylation is 1. The van der Waals surface area contributed by atoms with Gasteiger partial charge in [-0.05, 0) is 24.5 Å². The number of hydrogen-bond acceptors (Lipinski definition) is 4. The Morgan fingerprint density at radius 1 is 1.37 bits per heavy atom. The summed E-state index contributed by atoms with van der Waals surface area (Å²) in [7, 11) is 0. The van der Waals surface area contributed by atoms with E-state index in [4.69, 9.17) is 10.5 Å². The number of anilines is 1. The van der Waals surface area contributed by atoms with Crippen LogP contribution in [0.25, 0.3) is 0 Å². The standard InChI is InChI=1S/C15H20N2OS/c1-11(2)14-10-19-15(17-14)7-4-8-18-13-6-3-5-12(16)9-13/h3,5-6,9-11H,4,7-8,16H2,1-2H3. The highest BCUT2D eigenvalue weighted by atomic mass is 32.1. The highest BCUT2D eigenvalue weighted by Gasteiger charge is 2.05. The van der Waals surface area contributed by atoms with Gasteiger partial charge in [-0.3, -0.25) is 0 Å². The summed E-state index contributed by atoms with van der Waals surface area (Å²) in [6.45, 7) is 5.03. The van der Waals surface area contributed by atoms with Crippen LogP contribution in [0, 0.1) is 0 Å². The fourth-order valence-electron chi connectivity index (χ4n) is 1.72. The first-order chi connectivity index (χ1) is 9.15. The molecule has 102 valence electrons. The predicted molar refractivity (Wildman–Crippen MR) is 80.9 cm³/mol. The van der Waals surface area contributed by atoms with E-state index >= 15 is 0 Å². The molecular formula is C15H20N2OS. The normalized spacial score (nSPS) is 10.9. The molecule has 3 nitrogen and oxygen atoms in total. The lowest BCUT2D eigenvalue weighted by Gasteiger charge is -2.05. The minimum absolute atomic E-state index is 0.508. The lowest BCUT2D eigenvalue weighted by molar-refractivity contribution is 0.311. The van der Waals surface area contributed by atoms with Gasteiger partial charge in [0.25, 0.3) is 0 Å². The van der Waals surface area contributed by atoms with E-state index in [-0.39, 0.29) is 0 Å². The quantitative estimate of drug-likeness (QED) is 0.644. The molecule has 4 heteroatoms. The van der Waals surface area contributed by atoms with Gasteiger partial charge in [-0.25, -0.2) is 4.98 Å². The van der Waals surface area contributed by atoms with Gasteiger partial charge in [-0.1, -0.05) is 19.9 Å². The molecule has 1 aromatic heterocycles. The molecule has 0 spiro atoms. The fraction of sp³-hybridized carbons (Fsp3) is 0.400. The fourth-order valence-corrected chi connectivity index (χ4v) is 2.72. The maximum atomic E-state index is 5.70. The minimum atomic E-state index is 0.508. The lowest BCUT2D eigenvalue weighted by Crippen LogP contribution is -2.00. The first kappa shape index (κ1) is 13.9. The molecule has 0 aliphatic carbocycles. The third-order valence-electron chi connectivity index (χ3n) is 2.82. The molecule has 19 heavy (non-hydrogen) atoms. The molecule has 1 heterocycles. The number of aromatic nitrogens is 1. The zero-order valence-electron chi connectivity index (χ0n) is 11.4.